The van der Waals surface area contributed by atoms with Crippen molar-refractivity contribution in [2.75, 3.05) is 26.7 Å². The summed E-state index contributed by atoms with van der Waals surface area (Å²) in [6.45, 7) is 3.33. The molecular formula is C17H22ClN3O2S. The van der Waals surface area contributed by atoms with E-state index in [1.54, 1.807) is 13.3 Å². The van der Waals surface area contributed by atoms with Crippen LogP contribution in [0.1, 0.15) is 21.7 Å². The second-order valence-electron chi connectivity index (χ2n) is 5.72. The Balaban J connectivity index is 0.00000208. The van der Waals surface area contributed by atoms with Gasteiger partial charge in [0.25, 0.3) is 5.91 Å². The molecular weight excluding hydrogens is 346 g/mol. The molecule has 5 nitrogen and oxygen atoms in total. The zero-order valence-corrected chi connectivity index (χ0v) is 15.2. The van der Waals surface area contributed by atoms with Gasteiger partial charge in [0, 0.05) is 25.5 Å². The fourth-order valence-electron chi connectivity index (χ4n) is 2.87. The Bertz CT molecular complexity index is 644. The van der Waals surface area contributed by atoms with Crippen molar-refractivity contribution in [2.45, 2.75) is 13.0 Å². The van der Waals surface area contributed by atoms with Crippen LogP contribution in [-0.4, -0.2) is 42.5 Å². The van der Waals surface area contributed by atoms with Crippen molar-refractivity contribution < 1.29 is 9.53 Å². The molecule has 1 aliphatic rings. The fraction of sp³-hybridized carbons (Fsp3) is 0.412. The molecule has 130 valence electrons. The van der Waals surface area contributed by atoms with E-state index in [9.17, 15) is 4.79 Å². The number of ether oxygens (including phenoxy) is 1. The van der Waals surface area contributed by atoms with Gasteiger partial charge < -0.3 is 15.0 Å². The summed E-state index contributed by atoms with van der Waals surface area (Å²) in [5.74, 6) is 1.19. The molecule has 7 heteroatoms. The number of amides is 1. The average molecular weight is 368 g/mol. The summed E-state index contributed by atoms with van der Waals surface area (Å²) in [6.07, 6.45) is 4.68. The minimum absolute atomic E-state index is 0. The van der Waals surface area contributed by atoms with Gasteiger partial charge >= 0.3 is 0 Å². The first-order valence-corrected chi connectivity index (χ1v) is 8.66. The third kappa shape index (κ3) is 4.47. The molecule has 0 aromatic carbocycles. The van der Waals surface area contributed by atoms with Crippen molar-refractivity contribution in [1.82, 2.24) is 15.2 Å². The van der Waals surface area contributed by atoms with E-state index in [1.165, 1.54) is 11.3 Å². The number of carbonyl (C=O) groups excluding carboxylic acids is 1. The van der Waals surface area contributed by atoms with Crippen molar-refractivity contribution in [3.05, 3.63) is 46.4 Å². The topological polar surface area (TPSA) is 54.5 Å². The molecule has 0 saturated carbocycles. The third-order valence-corrected chi connectivity index (χ3v) is 4.95. The van der Waals surface area contributed by atoms with E-state index in [0.717, 1.165) is 31.6 Å². The lowest BCUT2D eigenvalue weighted by molar-refractivity contribution is 0.0720. The second kappa shape index (κ2) is 9.01. The number of hydrogen-bond donors (Lipinski definition) is 1. The summed E-state index contributed by atoms with van der Waals surface area (Å²) in [6, 6.07) is 5.75. The van der Waals surface area contributed by atoms with Crippen LogP contribution in [0.3, 0.4) is 0 Å². The lowest BCUT2D eigenvalue weighted by Crippen LogP contribution is -2.35. The highest BCUT2D eigenvalue weighted by Crippen LogP contribution is 2.27. The summed E-state index contributed by atoms with van der Waals surface area (Å²) < 4.78 is 5.32. The van der Waals surface area contributed by atoms with Gasteiger partial charge in [0.15, 0.2) is 0 Å². The molecule has 0 aliphatic carbocycles. The van der Waals surface area contributed by atoms with E-state index < -0.39 is 0 Å². The summed E-state index contributed by atoms with van der Waals surface area (Å²) in [7, 11) is 1.60. The van der Waals surface area contributed by atoms with Crippen molar-refractivity contribution in [3.8, 4) is 5.75 Å². The predicted octanol–water partition coefficient (Wildman–Crippen LogP) is 2.83. The number of pyridine rings is 1. The third-order valence-electron chi connectivity index (χ3n) is 4.07. The van der Waals surface area contributed by atoms with E-state index in [-0.39, 0.29) is 18.3 Å². The van der Waals surface area contributed by atoms with E-state index >= 15 is 0 Å². The number of aromatic nitrogens is 1. The Morgan fingerprint density at radius 3 is 3.04 bits per heavy atom. The zero-order chi connectivity index (χ0) is 16.1. The van der Waals surface area contributed by atoms with Gasteiger partial charge in [-0.2, -0.15) is 0 Å². The van der Waals surface area contributed by atoms with Crippen molar-refractivity contribution >= 4 is 29.7 Å². The van der Waals surface area contributed by atoms with Crippen LogP contribution in [0.4, 0.5) is 0 Å². The van der Waals surface area contributed by atoms with Gasteiger partial charge in [0.1, 0.15) is 10.6 Å². The largest absolute Gasteiger partial charge is 0.495 e. The number of nitrogens with one attached hydrogen (secondary N) is 1. The molecule has 0 bridgehead atoms. The first kappa shape index (κ1) is 18.7. The van der Waals surface area contributed by atoms with Crippen molar-refractivity contribution in [3.63, 3.8) is 0 Å². The maximum absolute atomic E-state index is 13.0. The van der Waals surface area contributed by atoms with Crippen molar-refractivity contribution in [1.29, 1.82) is 0 Å². The molecule has 1 amide bonds. The molecule has 1 atom stereocenters. The number of carbonyl (C=O) groups is 1. The zero-order valence-electron chi connectivity index (χ0n) is 13.6. The summed E-state index contributed by atoms with van der Waals surface area (Å²) in [5, 5.41) is 5.26. The molecule has 1 saturated heterocycles. The minimum atomic E-state index is 0. The van der Waals surface area contributed by atoms with Gasteiger partial charge in [0.05, 0.1) is 7.11 Å². The van der Waals surface area contributed by atoms with Crippen LogP contribution in [0, 0.1) is 5.92 Å². The van der Waals surface area contributed by atoms with E-state index in [2.05, 4.69) is 10.3 Å². The maximum Gasteiger partial charge on any atom is 0.268 e. The van der Waals surface area contributed by atoms with Gasteiger partial charge in [0.2, 0.25) is 0 Å². The number of hydrogen-bond acceptors (Lipinski definition) is 5. The smallest absolute Gasteiger partial charge is 0.268 e. The Labute approximate surface area is 152 Å². The molecule has 1 fully saturated rings. The number of thiophene rings is 1. The highest BCUT2D eigenvalue weighted by Gasteiger charge is 2.25. The van der Waals surface area contributed by atoms with Gasteiger partial charge in [-0.05, 0) is 48.5 Å². The van der Waals surface area contributed by atoms with Crippen LogP contribution < -0.4 is 10.1 Å². The van der Waals surface area contributed by atoms with Crippen LogP contribution in [0.15, 0.2) is 36.0 Å². The van der Waals surface area contributed by atoms with Crippen LogP contribution in [-0.2, 0) is 6.54 Å². The molecule has 1 unspecified atom stereocenters. The molecule has 2 aromatic heterocycles. The Morgan fingerprint density at radius 1 is 1.50 bits per heavy atom. The molecule has 24 heavy (non-hydrogen) atoms. The van der Waals surface area contributed by atoms with Crippen LogP contribution in [0.5, 0.6) is 5.75 Å². The number of nitrogens with zero attached hydrogens (tertiary/aromatic N) is 2. The molecule has 3 rings (SSSR count). The number of methoxy groups -OCH3 is 1. The molecule has 1 N–H and O–H groups in total. The van der Waals surface area contributed by atoms with E-state index in [4.69, 9.17) is 4.74 Å². The lowest BCUT2D eigenvalue weighted by Gasteiger charge is -2.25. The van der Waals surface area contributed by atoms with Crippen molar-refractivity contribution in [2.24, 2.45) is 5.92 Å². The standard InChI is InChI=1S/C17H21N3O2S.ClH/c1-22-15-5-8-23-16(15)17(21)20(12-14-4-7-19-10-14)11-13-3-2-6-18-9-13;/h2-3,5-6,8-9,14,19H,4,7,10-12H2,1H3;1H. The SMILES string of the molecule is COc1ccsc1C(=O)N(Cc1cccnc1)CC1CCNC1.Cl. The molecule has 2 aromatic rings. The Morgan fingerprint density at radius 2 is 2.38 bits per heavy atom. The average Bonchev–Trinajstić information content (AvgIpc) is 3.25. The Hall–Kier alpha value is -1.63. The van der Waals surface area contributed by atoms with Gasteiger partial charge in [-0.25, -0.2) is 0 Å². The van der Waals surface area contributed by atoms with Crippen LogP contribution in [0.2, 0.25) is 0 Å². The molecule has 0 spiro atoms. The van der Waals surface area contributed by atoms with Gasteiger partial charge in [-0.1, -0.05) is 6.07 Å². The van der Waals surface area contributed by atoms with E-state index in [1.807, 2.05) is 34.7 Å². The normalized spacial score (nSPS) is 16.5. The van der Waals surface area contributed by atoms with Crippen LogP contribution in [0.25, 0.3) is 0 Å². The monoisotopic (exact) mass is 367 g/mol. The molecule has 3 heterocycles. The first-order valence-electron chi connectivity index (χ1n) is 7.78. The van der Waals surface area contributed by atoms with Gasteiger partial charge in [-0.15, -0.1) is 23.7 Å². The fourth-order valence-corrected chi connectivity index (χ4v) is 3.70. The number of halogens is 1. The predicted molar refractivity (Wildman–Crippen MR) is 98.1 cm³/mol. The summed E-state index contributed by atoms with van der Waals surface area (Å²) in [4.78, 5) is 19.7. The summed E-state index contributed by atoms with van der Waals surface area (Å²) >= 11 is 1.43. The highest BCUT2D eigenvalue weighted by atomic mass is 35.5. The van der Waals surface area contributed by atoms with Gasteiger partial charge in [-0.3, -0.25) is 9.78 Å². The number of rotatable bonds is 6. The lowest BCUT2D eigenvalue weighted by atomic mass is 10.1. The minimum Gasteiger partial charge on any atom is -0.495 e. The molecule has 0 radical (unpaired) electrons. The Kier molecular flexibility index (Phi) is 7.02. The van der Waals surface area contributed by atoms with E-state index in [0.29, 0.717) is 23.1 Å². The van der Waals surface area contributed by atoms with Crippen LogP contribution >= 0.6 is 23.7 Å². The summed E-state index contributed by atoms with van der Waals surface area (Å²) in [5.41, 5.74) is 1.04. The molecule has 1 aliphatic heterocycles. The first-order chi connectivity index (χ1) is 11.3. The second-order valence-corrected chi connectivity index (χ2v) is 6.64. The highest BCUT2D eigenvalue weighted by molar-refractivity contribution is 7.12. The maximum atomic E-state index is 13.0. The quantitative estimate of drug-likeness (QED) is 0.853.